The first kappa shape index (κ1) is 20.3. The summed E-state index contributed by atoms with van der Waals surface area (Å²) in [6.07, 6.45) is 0. The number of pyridine rings is 1. The summed E-state index contributed by atoms with van der Waals surface area (Å²) in [6, 6.07) is 15.2. The molecule has 4 rings (SSSR count). The highest BCUT2D eigenvalue weighted by molar-refractivity contribution is 5.95. The van der Waals surface area contributed by atoms with Gasteiger partial charge in [0.2, 0.25) is 0 Å². The number of rotatable bonds is 5. The highest BCUT2D eigenvalue weighted by atomic mass is 16.5. The second-order valence-corrected chi connectivity index (χ2v) is 7.75. The molecule has 30 heavy (non-hydrogen) atoms. The van der Waals surface area contributed by atoms with Gasteiger partial charge in [0.25, 0.3) is 11.5 Å². The lowest BCUT2D eigenvalue weighted by Crippen LogP contribution is -2.49. The molecule has 3 aromatic rings. The van der Waals surface area contributed by atoms with Crippen LogP contribution in [0.3, 0.4) is 0 Å². The molecular formula is C24H27N3O3. The van der Waals surface area contributed by atoms with Crippen molar-refractivity contribution in [1.29, 1.82) is 0 Å². The van der Waals surface area contributed by atoms with Gasteiger partial charge < -0.3 is 14.6 Å². The van der Waals surface area contributed by atoms with Gasteiger partial charge in [-0.15, -0.1) is 0 Å². The van der Waals surface area contributed by atoms with Crippen LogP contribution in [0.4, 0.5) is 0 Å². The van der Waals surface area contributed by atoms with Gasteiger partial charge in [-0.3, -0.25) is 14.5 Å². The van der Waals surface area contributed by atoms with Gasteiger partial charge in [0, 0.05) is 56.5 Å². The van der Waals surface area contributed by atoms with Crippen molar-refractivity contribution in [1.82, 2.24) is 14.8 Å². The summed E-state index contributed by atoms with van der Waals surface area (Å²) in [5.41, 5.74) is 3.28. The smallest absolute Gasteiger partial charge is 0.256 e. The van der Waals surface area contributed by atoms with E-state index in [1.807, 2.05) is 60.4 Å². The van der Waals surface area contributed by atoms with Crippen LogP contribution in [0.15, 0.2) is 53.3 Å². The summed E-state index contributed by atoms with van der Waals surface area (Å²) in [5.74, 6) is 0.0517. The normalized spacial score (nSPS) is 14.9. The second-order valence-electron chi connectivity index (χ2n) is 7.75. The summed E-state index contributed by atoms with van der Waals surface area (Å²) in [6.45, 7) is 6.80. The summed E-state index contributed by atoms with van der Waals surface area (Å²) >= 11 is 0. The van der Waals surface area contributed by atoms with E-state index in [4.69, 9.17) is 4.74 Å². The van der Waals surface area contributed by atoms with Crippen LogP contribution in [0.1, 0.15) is 15.9 Å². The van der Waals surface area contributed by atoms with Crippen molar-refractivity contribution in [3.63, 3.8) is 0 Å². The Morgan fingerprint density at radius 3 is 2.47 bits per heavy atom. The molecule has 2 aromatic carbocycles. The lowest BCUT2D eigenvalue weighted by molar-refractivity contribution is 0.0594. The lowest BCUT2D eigenvalue weighted by Gasteiger charge is -2.34. The zero-order chi connectivity index (χ0) is 21.1. The number of amides is 1. The number of hydrogen-bond acceptors (Lipinski definition) is 4. The maximum Gasteiger partial charge on any atom is 0.256 e. The predicted octanol–water partition coefficient (Wildman–Crippen LogP) is 2.91. The molecular weight excluding hydrogens is 378 g/mol. The van der Waals surface area contributed by atoms with E-state index < -0.39 is 0 Å². The van der Waals surface area contributed by atoms with Crippen LogP contribution < -0.4 is 5.56 Å². The zero-order valence-corrected chi connectivity index (χ0v) is 17.5. The summed E-state index contributed by atoms with van der Waals surface area (Å²) in [7, 11) is 1.71. The third kappa shape index (κ3) is 4.15. The van der Waals surface area contributed by atoms with Gasteiger partial charge in [-0.25, -0.2) is 0 Å². The van der Waals surface area contributed by atoms with Crippen LogP contribution >= 0.6 is 0 Å². The highest BCUT2D eigenvalue weighted by Gasteiger charge is 2.22. The number of benzene rings is 2. The predicted molar refractivity (Wildman–Crippen MR) is 119 cm³/mol. The van der Waals surface area contributed by atoms with Crippen molar-refractivity contribution in [2.75, 3.05) is 46.4 Å². The number of carbonyl (C=O) groups excluding carboxylic acids is 1. The van der Waals surface area contributed by atoms with E-state index in [0.717, 1.165) is 54.9 Å². The minimum atomic E-state index is -0.0994. The van der Waals surface area contributed by atoms with Crippen molar-refractivity contribution in [2.24, 2.45) is 0 Å². The molecule has 1 aliphatic rings. The van der Waals surface area contributed by atoms with Crippen LogP contribution in [0, 0.1) is 6.92 Å². The van der Waals surface area contributed by atoms with Gasteiger partial charge in [-0.2, -0.15) is 0 Å². The van der Waals surface area contributed by atoms with Gasteiger partial charge in [0.1, 0.15) is 0 Å². The average Bonchev–Trinajstić information content (AvgIpc) is 2.78. The first-order valence-corrected chi connectivity index (χ1v) is 10.3. The van der Waals surface area contributed by atoms with E-state index in [9.17, 15) is 9.59 Å². The quantitative estimate of drug-likeness (QED) is 0.709. The number of ether oxygens (including phenoxy) is 1. The first-order chi connectivity index (χ1) is 14.6. The first-order valence-electron chi connectivity index (χ1n) is 10.3. The van der Waals surface area contributed by atoms with E-state index in [1.54, 1.807) is 7.11 Å². The Labute approximate surface area is 176 Å². The number of nitrogens with one attached hydrogen (secondary N) is 1. The Morgan fingerprint density at radius 2 is 1.77 bits per heavy atom. The number of hydrogen-bond donors (Lipinski definition) is 1. The summed E-state index contributed by atoms with van der Waals surface area (Å²) < 4.78 is 5.13. The Hall–Kier alpha value is -2.96. The summed E-state index contributed by atoms with van der Waals surface area (Å²) in [5, 5.41) is 1.64. The monoisotopic (exact) mass is 405 g/mol. The summed E-state index contributed by atoms with van der Waals surface area (Å²) in [4.78, 5) is 32.5. The number of carbonyl (C=O) groups is 1. The molecule has 0 saturated carbocycles. The number of piperazine rings is 1. The number of aromatic amines is 1. The van der Waals surface area contributed by atoms with E-state index in [1.165, 1.54) is 0 Å². The molecule has 1 amide bonds. The fourth-order valence-corrected chi connectivity index (χ4v) is 3.97. The van der Waals surface area contributed by atoms with Crippen LogP contribution in [0.5, 0.6) is 0 Å². The standard InChI is InChI=1S/C24H27N3O3/c1-17-4-3-5-20-21(17)16-22(25-23(20)28)18-6-8-19(9-7-18)24(29)27-12-10-26(11-13-27)14-15-30-2/h3-9,16H,10-15H2,1-2H3,(H,25,28). The Bertz CT molecular complexity index is 1100. The molecule has 2 heterocycles. The van der Waals surface area contributed by atoms with Crippen molar-refractivity contribution in [2.45, 2.75) is 6.92 Å². The third-order valence-electron chi connectivity index (χ3n) is 5.82. The van der Waals surface area contributed by atoms with Crippen LogP contribution in [0.25, 0.3) is 22.0 Å². The lowest BCUT2D eigenvalue weighted by atomic mass is 10.0. The number of aryl methyl sites for hydroxylation is 1. The average molecular weight is 405 g/mol. The maximum atomic E-state index is 12.9. The van der Waals surface area contributed by atoms with Crippen molar-refractivity contribution in [3.05, 3.63) is 70.0 Å². The fourth-order valence-electron chi connectivity index (χ4n) is 3.97. The molecule has 6 heteroatoms. The molecule has 1 saturated heterocycles. The van der Waals surface area contributed by atoms with Gasteiger partial charge in [0.05, 0.1) is 6.61 Å². The largest absolute Gasteiger partial charge is 0.383 e. The number of aromatic nitrogens is 1. The zero-order valence-electron chi connectivity index (χ0n) is 17.5. The van der Waals surface area contributed by atoms with Crippen LogP contribution in [-0.2, 0) is 4.74 Å². The molecule has 1 aliphatic heterocycles. The molecule has 0 bridgehead atoms. The third-order valence-corrected chi connectivity index (χ3v) is 5.82. The van der Waals surface area contributed by atoms with E-state index in [2.05, 4.69) is 9.88 Å². The fraction of sp³-hybridized carbons (Fsp3) is 0.333. The van der Waals surface area contributed by atoms with Gasteiger partial charge in [0.15, 0.2) is 0 Å². The van der Waals surface area contributed by atoms with E-state index in [-0.39, 0.29) is 11.5 Å². The molecule has 156 valence electrons. The Morgan fingerprint density at radius 1 is 1.03 bits per heavy atom. The Kier molecular flexibility index (Phi) is 5.97. The van der Waals surface area contributed by atoms with Crippen molar-refractivity contribution >= 4 is 16.7 Å². The molecule has 1 N–H and O–H groups in total. The molecule has 6 nitrogen and oxygen atoms in total. The van der Waals surface area contributed by atoms with E-state index >= 15 is 0 Å². The molecule has 0 radical (unpaired) electrons. The van der Waals surface area contributed by atoms with Gasteiger partial charge in [-0.05, 0) is 47.7 Å². The minimum absolute atomic E-state index is 0.0517. The Balaban J connectivity index is 1.50. The van der Waals surface area contributed by atoms with E-state index in [0.29, 0.717) is 17.6 Å². The molecule has 0 aliphatic carbocycles. The number of H-pyrrole nitrogens is 1. The van der Waals surface area contributed by atoms with Crippen LogP contribution in [-0.4, -0.2) is 67.1 Å². The number of methoxy groups -OCH3 is 1. The van der Waals surface area contributed by atoms with Gasteiger partial charge >= 0.3 is 0 Å². The SMILES string of the molecule is COCCN1CCN(C(=O)c2ccc(-c3cc4c(C)cccc4c(=O)[nH]3)cc2)CC1. The molecule has 1 aromatic heterocycles. The number of nitrogens with zero attached hydrogens (tertiary/aromatic N) is 2. The highest BCUT2D eigenvalue weighted by Crippen LogP contribution is 2.23. The molecule has 0 atom stereocenters. The molecule has 0 unspecified atom stereocenters. The maximum absolute atomic E-state index is 12.9. The van der Waals surface area contributed by atoms with Crippen LogP contribution in [0.2, 0.25) is 0 Å². The van der Waals surface area contributed by atoms with Crippen molar-refractivity contribution in [3.8, 4) is 11.3 Å². The number of fused-ring (bicyclic) bond motifs is 1. The molecule has 0 spiro atoms. The molecule has 1 fully saturated rings. The minimum Gasteiger partial charge on any atom is -0.383 e. The van der Waals surface area contributed by atoms with Gasteiger partial charge in [-0.1, -0.05) is 24.3 Å². The second kappa shape index (κ2) is 8.81. The van der Waals surface area contributed by atoms with Crippen molar-refractivity contribution < 1.29 is 9.53 Å². The topological polar surface area (TPSA) is 65.6 Å².